The van der Waals surface area contributed by atoms with Crippen molar-refractivity contribution in [2.45, 2.75) is 58.6 Å². The van der Waals surface area contributed by atoms with Gasteiger partial charge in [-0.3, -0.25) is 19.1 Å². The lowest BCUT2D eigenvalue weighted by molar-refractivity contribution is 0.0205. The third kappa shape index (κ3) is 5.89. The number of amides is 1. The van der Waals surface area contributed by atoms with Gasteiger partial charge in [-0.25, -0.2) is 15.0 Å². The number of hydrazine groups is 1. The monoisotopic (exact) mass is 631 g/mol. The summed E-state index contributed by atoms with van der Waals surface area (Å²) in [5.41, 5.74) is 11.3. The molecule has 7 rings (SSSR count). The van der Waals surface area contributed by atoms with Crippen molar-refractivity contribution in [2.24, 2.45) is 0 Å². The van der Waals surface area contributed by atoms with Crippen molar-refractivity contribution in [1.82, 2.24) is 34.4 Å². The van der Waals surface area contributed by atoms with Crippen LogP contribution in [-0.2, 0) is 11.3 Å². The summed E-state index contributed by atoms with van der Waals surface area (Å²) in [5.74, 6) is 0.339. The Bertz CT molecular complexity index is 2050. The molecule has 1 saturated heterocycles. The maximum atomic E-state index is 13.9. The number of piperidine rings is 1. The highest BCUT2D eigenvalue weighted by atomic mass is 16.6. The molecule has 1 amide bonds. The molecular formula is C37H41N7O3. The summed E-state index contributed by atoms with van der Waals surface area (Å²) in [4.78, 5) is 37.8. The molecule has 2 aliphatic rings. The number of nitrogens with one attached hydrogen (secondary N) is 1. The normalized spacial score (nSPS) is 15.9. The Hall–Kier alpha value is -4.96. The number of hydrogen-bond acceptors (Lipinski definition) is 7. The van der Waals surface area contributed by atoms with Crippen LogP contribution in [0.3, 0.4) is 0 Å². The quantitative estimate of drug-likeness (QED) is 0.242. The molecule has 1 fully saturated rings. The summed E-state index contributed by atoms with van der Waals surface area (Å²) in [6, 6.07) is 18.7. The number of ether oxygens (including phenoxy) is 1. The molecule has 0 atom stereocenters. The van der Waals surface area contributed by atoms with Gasteiger partial charge in [-0.05, 0) is 87.9 Å². The summed E-state index contributed by atoms with van der Waals surface area (Å²) in [6.45, 7) is 10.3. The van der Waals surface area contributed by atoms with Gasteiger partial charge in [0, 0.05) is 62.1 Å². The van der Waals surface area contributed by atoms with Gasteiger partial charge < -0.3 is 14.6 Å². The second-order valence-corrected chi connectivity index (χ2v) is 13.5. The highest BCUT2D eigenvalue weighted by molar-refractivity contribution is 6.04. The van der Waals surface area contributed by atoms with E-state index in [0.717, 1.165) is 69.4 Å². The number of benzene rings is 2. The van der Waals surface area contributed by atoms with Crippen molar-refractivity contribution in [3.63, 3.8) is 0 Å². The summed E-state index contributed by atoms with van der Waals surface area (Å²) in [6.07, 6.45) is 7.26. The van der Waals surface area contributed by atoms with Crippen molar-refractivity contribution in [1.29, 1.82) is 0 Å². The molecular weight excluding hydrogens is 590 g/mol. The molecule has 2 aromatic carbocycles. The van der Waals surface area contributed by atoms with Crippen molar-refractivity contribution in [3.05, 3.63) is 94.9 Å². The van der Waals surface area contributed by atoms with Gasteiger partial charge in [0.15, 0.2) is 0 Å². The van der Waals surface area contributed by atoms with E-state index in [1.165, 1.54) is 5.56 Å². The van der Waals surface area contributed by atoms with Gasteiger partial charge in [0.05, 0.1) is 34.1 Å². The van der Waals surface area contributed by atoms with Crippen LogP contribution in [0, 0.1) is 0 Å². The molecule has 5 heterocycles. The molecule has 0 spiro atoms. The fourth-order valence-electron chi connectivity index (χ4n) is 6.71. The van der Waals surface area contributed by atoms with Crippen LogP contribution in [0.2, 0.25) is 0 Å². The van der Waals surface area contributed by atoms with E-state index in [9.17, 15) is 9.59 Å². The molecule has 0 saturated carbocycles. The standard InChI is InChI=1S/C37H41N7O3/c1-6-43-33-22-39-32-14-9-26(27-10-13-31(38-20-27)28-21-40-41(5)23-28)19-30(32)34(33)44(35(43)45)29-11-7-24(8-12-29)25-15-17-42(18-16-25)36(46)47-37(2,3)4/h7-14,19-20,22-23,25,40H,6,15-18,21H2,1-5H3. The van der Waals surface area contributed by atoms with Crippen LogP contribution in [0.15, 0.2) is 78.0 Å². The molecule has 0 unspecified atom stereocenters. The number of carbonyl (C=O) groups excluding carboxylic acids is 1. The molecule has 5 aromatic rings. The van der Waals surface area contributed by atoms with Gasteiger partial charge in [0.25, 0.3) is 0 Å². The van der Waals surface area contributed by atoms with Crippen molar-refractivity contribution in [3.8, 4) is 16.8 Å². The topological polar surface area (TPSA) is 97.5 Å². The number of carbonyl (C=O) groups is 1. The summed E-state index contributed by atoms with van der Waals surface area (Å²) >= 11 is 0. The fraction of sp³-hybridized carbons (Fsp3) is 0.351. The largest absolute Gasteiger partial charge is 0.444 e. The summed E-state index contributed by atoms with van der Waals surface area (Å²) < 4.78 is 9.17. The second kappa shape index (κ2) is 12.0. The zero-order chi connectivity index (χ0) is 32.9. The lowest BCUT2D eigenvalue weighted by atomic mass is 9.89. The molecule has 10 heteroatoms. The molecule has 47 heavy (non-hydrogen) atoms. The number of rotatable bonds is 5. The molecule has 3 aromatic heterocycles. The Morgan fingerprint density at radius 1 is 0.979 bits per heavy atom. The molecule has 0 radical (unpaired) electrons. The number of aromatic nitrogens is 4. The van der Waals surface area contributed by atoms with Crippen LogP contribution in [-0.4, -0.2) is 67.4 Å². The Morgan fingerprint density at radius 3 is 2.36 bits per heavy atom. The molecule has 1 N–H and O–H groups in total. The first-order valence-corrected chi connectivity index (χ1v) is 16.4. The summed E-state index contributed by atoms with van der Waals surface area (Å²) in [7, 11) is 1.98. The SMILES string of the molecule is CCn1c(=O)n(-c2ccc(C3CCN(C(=O)OC(C)(C)C)CC3)cc2)c2c3cc(-c4ccc(C5=CN(C)NC5)nc4)ccc3ncc21. The minimum atomic E-state index is -0.503. The first kappa shape index (κ1) is 30.7. The van der Waals surface area contributed by atoms with Crippen LogP contribution in [0.1, 0.15) is 57.7 Å². The van der Waals surface area contributed by atoms with Crippen LogP contribution >= 0.6 is 0 Å². The summed E-state index contributed by atoms with van der Waals surface area (Å²) in [5, 5.41) is 2.86. The first-order chi connectivity index (χ1) is 22.6. The van der Waals surface area contributed by atoms with Crippen LogP contribution in [0.4, 0.5) is 4.79 Å². The van der Waals surface area contributed by atoms with E-state index < -0.39 is 5.60 Å². The molecule has 0 aliphatic carbocycles. The maximum Gasteiger partial charge on any atom is 0.410 e. The van der Waals surface area contributed by atoms with Crippen LogP contribution in [0.5, 0.6) is 0 Å². The minimum Gasteiger partial charge on any atom is -0.444 e. The van der Waals surface area contributed by atoms with E-state index in [4.69, 9.17) is 14.7 Å². The van der Waals surface area contributed by atoms with Gasteiger partial charge in [-0.15, -0.1) is 0 Å². The lowest BCUT2D eigenvalue weighted by Crippen LogP contribution is -2.41. The zero-order valence-corrected chi connectivity index (χ0v) is 27.7. The van der Waals surface area contributed by atoms with E-state index in [0.29, 0.717) is 25.6 Å². The predicted molar refractivity (Wildman–Crippen MR) is 185 cm³/mol. The number of hydrogen-bond donors (Lipinski definition) is 1. The van der Waals surface area contributed by atoms with Crippen molar-refractivity contribution in [2.75, 3.05) is 26.7 Å². The Balaban J connectivity index is 1.21. The molecule has 0 bridgehead atoms. The molecule has 2 aliphatic heterocycles. The van der Waals surface area contributed by atoms with E-state index in [1.807, 2.05) is 74.9 Å². The van der Waals surface area contributed by atoms with Crippen LogP contribution in [0.25, 0.3) is 44.3 Å². The molecule has 10 nitrogen and oxygen atoms in total. The number of fused-ring (bicyclic) bond motifs is 3. The maximum absolute atomic E-state index is 13.9. The highest BCUT2D eigenvalue weighted by Crippen LogP contribution is 2.32. The Kier molecular flexibility index (Phi) is 7.83. The predicted octanol–water partition coefficient (Wildman–Crippen LogP) is 6.33. The van der Waals surface area contributed by atoms with Crippen molar-refractivity contribution < 1.29 is 9.53 Å². The third-order valence-corrected chi connectivity index (χ3v) is 9.14. The van der Waals surface area contributed by atoms with Crippen LogP contribution < -0.4 is 11.1 Å². The zero-order valence-electron chi connectivity index (χ0n) is 27.7. The lowest BCUT2D eigenvalue weighted by Gasteiger charge is -2.33. The smallest absolute Gasteiger partial charge is 0.410 e. The van der Waals surface area contributed by atoms with Gasteiger partial charge in [-0.2, -0.15) is 0 Å². The average Bonchev–Trinajstić information content (AvgIpc) is 3.64. The number of pyridine rings is 2. The van der Waals surface area contributed by atoms with E-state index >= 15 is 0 Å². The Morgan fingerprint density at radius 2 is 1.72 bits per heavy atom. The van der Waals surface area contributed by atoms with E-state index in [-0.39, 0.29) is 11.8 Å². The van der Waals surface area contributed by atoms with Gasteiger partial charge >= 0.3 is 11.8 Å². The fourth-order valence-corrected chi connectivity index (χ4v) is 6.71. The molecule has 242 valence electrons. The third-order valence-electron chi connectivity index (χ3n) is 9.14. The number of aryl methyl sites for hydroxylation is 1. The van der Waals surface area contributed by atoms with Gasteiger partial charge in [0.1, 0.15) is 5.60 Å². The minimum absolute atomic E-state index is 0.0879. The second-order valence-electron chi connectivity index (χ2n) is 13.5. The number of likely N-dealkylation sites (tertiary alicyclic amines) is 1. The van der Waals surface area contributed by atoms with E-state index in [2.05, 4.69) is 48.0 Å². The van der Waals surface area contributed by atoms with Gasteiger partial charge in [-0.1, -0.05) is 24.3 Å². The highest BCUT2D eigenvalue weighted by Gasteiger charge is 2.28. The number of imidazole rings is 1. The van der Waals surface area contributed by atoms with Crippen molar-refractivity contribution >= 4 is 33.6 Å². The van der Waals surface area contributed by atoms with E-state index in [1.54, 1.807) is 9.47 Å². The number of nitrogens with zero attached hydrogens (tertiary/aromatic N) is 6. The average molecular weight is 632 g/mol. The Labute approximate surface area is 274 Å². The van der Waals surface area contributed by atoms with Gasteiger partial charge in [0.2, 0.25) is 0 Å². The first-order valence-electron chi connectivity index (χ1n) is 16.4.